The smallest absolute Gasteiger partial charge is 0.254 e. The van der Waals surface area contributed by atoms with Crippen molar-refractivity contribution in [1.82, 2.24) is 9.21 Å². The van der Waals surface area contributed by atoms with Gasteiger partial charge in [-0.1, -0.05) is 43.3 Å². The summed E-state index contributed by atoms with van der Waals surface area (Å²) in [4.78, 5) is 14.9. The van der Waals surface area contributed by atoms with Crippen LogP contribution in [0.4, 0.5) is 0 Å². The summed E-state index contributed by atoms with van der Waals surface area (Å²) in [6.45, 7) is 6.75. The minimum absolute atomic E-state index is 0.140. The molecule has 2 rings (SSSR count). The van der Waals surface area contributed by atoms with Gasteiger partial charge in [-0.15, -0.1) is 0 Å². The molecule has 146 valence electrons. The number of hydrogen-bond acceptors (Lipinski definition) is 3. The SMILES string of the molecule is CCCN(Cc1ccccc1)C(=O)c1cccc(S(=O)(=O)N(C)C(C)C)c1. The van der Waals surface area contributed by atoms with Gasteiger partial charge in [-0.25, -0.2) is 8.42 Å². The van der Waals surface area contributed by atoms with Crippen molar-refractivity contribution in [2.75, 3.05) is 13.6 Å². The molecule has 0 atom stereocenters. The van der Waals surface area contributed by atoms with E-state index in [1.165, 1.54) is 16.4 Å². The van der Waals surface area contributed by atoms with Gasteiger partial charge >= 0.3 is 0 Å². The van der Waals surface area contributed by atoms with Gasteiger partial charge in [0.2, 0.25) is 10.0 Å². The summed E-state index contributed by atoms with van der Waals surface area (Å²) in [6.07, 6.45) is 0.826. The van der Waals surface area contributed by atoms with Crippen molar-refractivity contribution >= 4 is 15.9 Å². The molecule has 2 aromatic carbocycles. The van der Waals surface area contributed by atoms with Crippen LogP contribution in [0.25, 0.3) is 0 Å². The van der Waals surface area contributed by atoms with Gasteiger partial charge in [0.05, 0.1) is 4.90 Å². The molecular weight excluding hydrogens is 360 g/mol. The molecule has 0 heterocycles. The number of nitrogens with zero attached hydrogens (tertiary/aromatic N) is 2. The van der Waals surface area contributed by atoms with Gasteiger partial charge in [-0.2, -0.15) is 4.31 Å². The monoisotopic (exact) mass is 388 g/mol. The van der Waals surface area contributed by atoms with E-state index in [1.807, 2.05) is 51.1 Å². The van der Waals surface area contributed by atoms with E-state index in [0.29, 0.717) is 18.7 Å². The van der Waals surface area contributed by atoms with Crippen LogP contribution in [0.15, 0.2) is 59.5 Å². The minimum Gasteiger partial charge on any atom is -0.334 e. The highest BCUT2D eigenvalue weighted by atomic mass is 32.2. The molecule has 0 fully saturated rings. The van der Waals surface area contributed by atoms with E-state index in [1.54, 1.807) is 24.1 Å². The molecule has 1 amide bonds. The maximum absolute atomic E-state index is 13.0. The van der Waals surface area contributed by atoms with E-state index in [-0.39, 0.29) is 16.8 Å². The number of hydrogen-bond donors (Lipinski definition) is 0. The zero-order chi connectivity index (χ0) is 20.0. The van der Waals surface area contributed by atoms with Crippen LogP contribution in [-0.2, 0) is 16.6 Å². The van der Waals surface area contributed by atoms with Crippen LogP contribution in [0.5, 0.6) is 0 Å². The molecule has 2 aromatic rings. The molecule has 0 aliphatic heterocycles. The molecule has 0 radical (unpaired) electrons. The average molecular weight is 389 g/mol. The van der Waals surface area contributed by atoms with Gasteiger partial charge in [0.1, 0.15) is 0 Å². The Morgan fingerprint density at radius 2 is 1.70 bits per heavy atom. The van der Waals surface area contributed by atoms with E-state index in [0.717, 1.165) is 12.0 Å². The van der Waals surface area contributed by atoms with Gasteiger partial charge in [0.15, 0.2) is 0 Å². The van der Waals surface area contributed by atoms with E-state index < -0.39 is 10.0 Å². The lowest BCUT2D eigenvalue weighted by molar-refractivity contribution is 0.0743. The molecule has 6 heteroatoms. The van der Waals surface area contributed by atoms with E-state index in [9.17, 15) is 13.2 Å². The molecule has 0 saturated heterocycles. The lowest BCUT2D eigenvalue weighted by Crippen LogP contribution is -2.34. The van der Waals surface area contributed by atoms with Gasteiger partial charge in [0, 0.05) is 31.7 Å². The van der Waals surface area contributed by atoms with E-state index >= 15 is 0 Å². The predicted octanol–water partition coefficient (Wildman–Crippen LogP) is 3.77. The standard InChI is InChI=1S/C21H28N2O3S/c1-5-14-23(16-18-10-7-6-8-11-18)21(24)19-12-9-13-20(15-19)27(25,26)22(4)17(2)3/h6-13,15,17H,5,14,16H2,1-4H3. The highest BCUT2D eigenvalue weighted by Crippen LogP contribution is 2.19. The normalized spacial score (nSPS) is 11.8. The van der Waals surface area contributed by atoms with Crippen molar-refractivity contribution < 1.29 is 13.2 Å². The van der Waals surface area contributed by atoms with E-state index in [2.05, 4.69) is 0 Å². The summed E-state index contributed by atoms with van der Waals surface area (Å²) < 4.78 is 26.8. The van der Waals surface area contributed by atoms with Crippen molar-refractivity contribution in [3.8, 4) is 0 Å². The number of amides is 1. The zero-order valence-corrected chi connectivity index (χ0v) is 17.2. The molecule has 5 nitrogen and oxygen atoms in total. The first-order chi connectivity index (χ1) is 12.8. The number of carbonyl (C=O) groups excluding carboxylic acids is 1. The van der Waals surface area contributed by atoms with Gasteiger partial charge in [-0.05, 0) is 44.0 Å². The lowest BCUT2D eigenvalue weighted by atomic mass is 10.1. The Bertz CT molecular complexity index is 864. The number of benzene rings is 2. The Hall–Kier alpha value is -2.18. The largest absolute Gasteiger partial charge is 0.334 e. The fraction of sp³-hybridized carbons (Fsp3) is 0.381. The van der Waals surface area contributed by atoms with Crippen LogP contribution in [0.1, 0.15) is 43.1 Å². The van der Waals surface area contributed by atoms with Crippen LogP contribution >= 0.6 is 0 Å². The first-order valence-corrected chi connectivity index (χ1v) is 10.6. The predicted molar refractivity (Wildman–Crippen MR) is 108 cm³/mol. The average Bonchev–Trinajstić information content (AvgIpc) is 2.67. The molecule has 0 N–H and O–H groups in total. The highest BCUT2D eigenvalue weighted by molar-refractivity contribution is 7.89. The fourth-order valence-electron chi connectivity index (χ4n) is 2.74. The Kier molecular flexibility index (Phi) is 7.16. The van der Waals surface area contributed by atoms with Crippen LogP contribution < -0.4 is 0 Å². The summed E-state index contributed by atoms with van der Waals surface area (Å²) in [5, 5.41) is 0. The zero-order valence-electron chi connectivity index (χ0n) is 16.4. The minimum atomic E-state index is -3.63. The van der Waals surface area contributed by atoms with Crippen molar-refractivity contribution in [2.45, 2.75) is 44.7 Å². The second-order valence-electron chi connectivity index (χ2n) is 6.86. The summed E-state index contributed by atoms with van der Waals surface area (Å²) in [7, 11) is -2.08. The Morgan fingerprint density at radius 3 is 2.30 bits per heavy atom. The molecule has 0 aliphatic carbocycles. The Morgan fingerprint density at radius 1 is 1.04 bits per heavy atom. The topological polar surface area (TPSA) is 57.7 Å². The van der Waals surface area contributed by atoms with Crippen LogP contribution in [0.3, 0.4) is 0 Å². The Labute approximate surface area is 162 Å². The summed E-state index contributed by atoms with van der Waals surface area (Å²) in [5.41, 5.74) is 1.43. The first-order valence-electron chi connectivity index (χ1n) is 9.18. The quantitative estimate of drug-likeness (QED) is 0.692. The highest BCUT2D eigenvalue weighted by Gasteiger charge is 2.25. The molecule has 0 bridgehead atoms. The van der Waals surface area contributed by atoms with Crippen LogP contribution in [-0.4, -0.2) is 43.2 Å². The number of sulfonamides is 1. The van der Waals surface area contributed by atoms with Gasteiger partial charge < -0.3 is 4.90 Å². The maximum Gasteiger partial charge on any atom is 0.254 e. The van der Waals surface area contributed by atoms with Crippen molar-refractivity contribution in [1.29, 1.82) is 0 Å². The first kappa shape index (κ1) is 21.1. The van der Waals surface area contributed by atoms with Crippen molar-refractivity contribution in [2.24, 2.45) is 0 Å². The van der Waals surface area contributed by atoms with Crippen molar-refractivity contribution in [3.05, 3.63) is 65.7 Å². The van der Waals surface area contributed by atoms with Gasteiger partial charge in [0.25, 0.3) is 5.91 Å². The molecule has 0 unspecified atom stereocenters. The molecule has 0 aromatic heterocycles. The third-order valence-electron chi connectivity index (χ3n) is 4.48. The van der Waals surface area contributed by atoms with Gasteiger partial charge in [-0.3, -0.25) is 4.79 Å². The molecular formula is C21H28N2O3S. The number of rotatable bonds is 8. The maximum atomic E-state index is 13.0. The van der Waals surface area contributed by atoms with Crippen LogP contribution in [0, 0.1) is 0 Å². The summed E-state index contributed by atoms with van der Waals surface area (Å²) >= 11 is 0. The summed E-state index contributed by atoms with van der Waals surface area (Å²) in [6, 6.07) is 15.9. The van der Waals surface area contributed by atoms with Crippen LogP contribution in [0.2, 0.25) is 0 Å². The van der Waals surface area contributed by atoms with Crippen molar-refractivity contribution in [3.63, 3.8) is 0 Å². The Balaban J connectivity index is 2.31. The molecule has 0 aliphatic rings. The fourth-order valence-corrected chi connectivity index (χ4v) is 4.16. The molecule has 0 spiro atoms. The molecule has 0 saturated carbocycles. The third kappa shape index (κ3) is 5.17. The lowest BCUT2D eigenvalue weighted by Gasteiger charge is -2.24. The number of carbonyl (C=O) groups is 1. The second-order valence-corrected chi connectivity index (χ2v) is 8.85. The summed E-state index contributed by atoms with van der Waals surface area (Å²) in [5.74, 6) is -0.162. The molecule has 27 heavy (non-hydrogen) atoms. The third-order valence-corrected chi connectivity index (χ3v) is 6.51. The van der Waals surface area contributed by atoms with E-state index in [4.69, 9.17) is 0 Å². The second kappa shape index (κ2) is 9.15.